The van der Waals surface area contributed by atoms with Gasteiger partial charge >= 0.3 is 12.1 Å². The number of benzene rings is 1. The summed E-state index contributed by atoms with van der Waals surface area (Å²) in [6, 6.07) is 8.53. The Morgan fingerprint density at radius 1 is 1.12 bits per heavy atom. The number of carbonyl (C=O) groups is 3. The van der Waals surface area contributed by atoms with Crippen molar-refractivity contribution in [1.82, 2.24) is 5.32 Å². The molecule has 0 aromatic heterocycles. The monoisotopic (exact) mass is 445 g/mol. The molecule has 3 rings (SSSR count). The van der Waals surface area contributed by atoms with Crippen molar-refractivity contribution in [3.05, 3.63) is 48.0 Å². The smallest absolute Gasteiger partial charge is 0.407 e. The van der Waals surface area contributed by atoms with Crippen molar-refractivity contribution in [3.63, 3.8) is 0 Å². The quantitative estimate of drug-likeness (QED) is 0.508. The second kappa shape index (κ2) is 10.3. The zero-order valence-corrected chi connectivity index (χ0v) is 18.9. The van der Waals surface area contributed by atoms with Gasteiger partial charge in [0.2, 0.25) is 0 Å². The van der Waals surface area contributed by atoms with Crippen molar-refractivity contribution in [2.45, 2.75) is 64.8 Å². The Hall–Kier alpha value is -2.71. The highest BCUT2D eigenvalue weighted by atomic mass is 16.8. The molecule has 8 nitrogen and oxygen atoms in total. The standard InChI is InChI=1S/C24H31NO7/c1-5-29-22(27)17-12-9-13-18(25-23(28)30-14-16-10-7-6-8-11-16)19(17)20(26)21-15(2)31-24(3,4)32-21/h6-11,13,15,17-19,21H,5,12,14H2,1-4H3,(H,25,28)/t15-,17+,18+,19-,21+/m0/s1. The summed E-state index contributed by atoms with van der Waals surface area (Å²) in [7, 11) is 0. The van der Waals surface area contributed by atoms with Crippen molar-refractivity contribution in [2.24, 2.45) is 11.8 Å². The lowest BCUT2D eigenvalue weighted by atomic mass is 9.75. The molecule has 1 aromatic rings. The van der Waals surface area contributed by atoms with Crippen LogP contribution in [0.15, 0.2) is 42.5 Å². The highest BCUT2D eigenvalue weighted by Gasteiger charge is 2.50. The average molecular weight is 446 g/mol. The lowest BCUT2D eigenvalue weighted by Crippen LogP contribution is -2.52. The number of esters is 1. The Morgan fingerprint density at radius 2 is 1.84 bits per heavy atom. The van der Waals surface area contributed by atoms with Crippen LogP contribution in [0, 0.1) is 11.8 Å². The van der Waals surface area contributed by atoms with Crippen LogP contribution in [0.5, 0.6) is 0 Å². The van der Waals surface area contributed by atoms with Gasteiger partial charge in [0.25, 0.3) is 0 Å². The van der Waals surface area contributed by atoms with Crippen LogP contribution in [0.4, 0.5) is 4.79 Å². The fraction of sp³-hybridized carbons (Fsp3) is 0.542. The van der Waals surface area contributed by atoms with Crippen LogP contribution in [0.25, 0.3) is 0 Å². The third kappa shape index (κ3) is 5.75. The Labute approximate surface area is 188 Å². The third-order valence-corrected chi connectivity index (χ3v) is 5.56. The molecule has 0 bridgehead atoms. The minimum atomic E-state index is -0.915. The van der Waals surface area contributed by atoms with Gasteiger partial charge in [0.05, 0.1) is 30.6 Å². The first-order chi connectivity index (χ1) is 15.2. The first kappa shape index (κ1) is 23.9. The van der Waals surface area contributed by atoms with Gasteiger partial charge in [-0.3, -0.25) is 9.59 Å². The number of hydrogen-bond acceptors (Lipinski definition) is 7. The average Bonchev–Trinajstić information content (AvgIpc) is 3.04. The van der Waals surface area contributed by atoms with E-state index in [-0.39, 0.29) is 19.0 Å². The summed E-state index contributed by atoms with van der Waals surface area (Å²) < 4.78 is 22.1. The molecule has 1 heterocycles. The third-order valence-electron chi connectivity index (χ3n) is 5.56. The molecule has 174 valence electrons. The molecule has 8 heteroatoms. The van der Waals surface area contributed by atoms with Gasteiger partial charge < -0.3 is 24.3 Å². The SMILES string of the molecule is CCOC(=O)[C@@H]1CC=C[C@@H](NC(=O)OCc2ccccc2)[C@H]1C(=O)[C@@H]1OC(C)(C)O[C@H]1C. The molecule has 1 N–H and O–H groups in total. The number of carbonyl (C=O) groups excluding carboxylic acids is 3. The van der Waals surface area contributed by atoms with E-state index in [1.165, 1.54) is 0 Å². The van der Waals surface area contributed by atoms with Crippen LogP contribution in [-0.4, -0.2) is 48.5 Å². The van der Waals surface area contributed by atoms with Crippen LogP contribution >= 0.6 is 0 Å². The van der Waals surface area contributed by atoms with E-state index in [0.717, 1.165) is 5.56 Å². The van der Waals surface area contributed by atoms with Crippen molar-refractivity contribution < 1.29 is 33.3 Å². The largest absolute Gasteiger partial charge is 0.466 e. The van der Waals surface area contributed by atoms with Crippen molar-refractivity contribution >= 4 is 17.8 Å². The number of amides is 1. The Kier molecular flexibility index (Phi) is 7.69. The predicted octanol–water partition coefficient (Wildman–Crippen LogP) is 3.15. The van der Waals surface area contributed by atoms with Gasteiger partial charge in [0, 0.05) is 0 Å². The summed E-state index contributed by atoms with van der Waals surface area (Å²) in [5.41, 5.74) is 0.839. The topological polar surface area (TPSA) is 100 Å². The fourth-order valence-corrected chi connectivity index (χ4v) is 4.21. The Balaban J connectivity index is 1.76. The van der Waals surface area contributed by atoms with E-state index in [9.17, 15) is 14.4 Å². The molecule has 2 aliphatic rings. The molecule has 1 saturated heterocycles. The molecule has 32 heavy (non-hydrogen) atoms. The van der Waals surface area contributed by atoms with E-state index in [1.807, 2.05) is 30.3 Å². The van der Waals surface area contributed by atoms with E-state index in [1.54, 1.807) is 39.8 Å². The fourth-order valence-electron chi connectivity index (χ4n) is 4.21. The number of ether oxygens (including phenoxy) is 4. The van der Waals surface area contributed by atoms with E-state index in [0.29, 0.717) is 6.42 Å². The summed E-state index contributed by atoms with van der Waals surface area (Å²) in [6.07, 6.45) is 1.79. The van der Waals surface area contributed by atoms with Crippen molar-refractivity contribution in [1.29, 1.82) is 0 Å². The summed E-state index contributed by atoms with van der Waals surface area (Å²) >= 11 is 0. The van der Waals surface area contributed by atoms with Crippen LogP contribution in [-0.2, 0) is 35.1 Å². The second-order valence-electron chi connectivity index (χ2n) is 8.44. The molecule has 1 amide bonds. The molecule has 1 fully saturated rings. The normalized spacial score (nSPS) is 28.7. The molecule has 5 atom stereocenters. The number of nitrogens with one attached hydrogen (secondary N) is 1. The minimum Gasteiger partial charge on any atom is -0.466 e. The number of ketones is 1. The number of rotatable bonds is 7. The first-order valence-corrected chi connectivity index (χ1v) is 10.9. The number of alkyl carbamates (subject to hydrolysis) is 1. The molecule has 0 radical (unpaired) electrons. The van der Waals surface area contributed by atoms with E-state index < -0.39 is 47.9 Å². The number of allylic oxidation sites excluding steroid dienone is 1. The van der Waals surface area contributed by atoms with E-state index in [2.05, 4.69) is 5.32 Å². The van der Waals surface area contributed by atoms with Crippen molar-refractivity contribution in [3.8, 4) is 0 Å². The van der Waals surface area contributed by atoms with Crippen LogP contribution in [0.3, 0.4) is 0 Å². The Morgan fingerprint density at radius 3 is 2.47 bits per heavy atom. The minimum absolute atomic E-state index is 0.0911. The zero-order chi connectivity index (χ0) is 23.3. The van der Waals surface area contributed by atoms with Gasteiger partial charge in [-0.05, 0) is 39.7 Å². The van der Waals surface area contributed by atoms with Crippen LogP contribution in [0.1, 0.15) is 39.7 Å². The molecule has 1 aromatic carbocycles. The Bertz CT molecular complexity index is 851. The van der Waals surface area contributed by atoms with Gasteiger partial charge in [0.1, 0.15) is 12.7 Å². The molecule has 1 aliphatic carbocycles. The number of Topliss-reactive ketones (excluding diaryl/α,β-unsaturated/α-hetero) is 1. The lowest BCUT2D eigenvalue weighted by Gasteiger charge is -2.34. The van der Waals surface area contributed by atoms with Crippen molar-refractivity contribution in [2.75, 3.05) is 6.61 Å². The lowest BCUT2D eigenvalue weighted by molar-refractivity contribution is -0.161. The van der Waals surface area contributed by atoms with E-state index in [4.69, 9.17) is 18.9 Å². The van der Waals surface area contributed by atoms with Gasteiger partial charge in [-0.1, -0.05) is 42.5 Å². The number of hydrogen-bond donors (Lipinski definition) is 1. The molecule has 0 spiro atoms. The first-order valence-electron chi connectivity index (χ1n) is 10.9. The van der Waals surface area contributed by atoms with Crippen LogP contribution < -0.4 is 5.32 Å². The van der Waals surface area contributed by atoms with Gasteiger partial charge in [-0.25, -0.2) is 4.79 Å². The van der Waals surface area contributed by atoms with Gasteiger partial charge in [0.15, 0.2) is 11.6 Å². The predicted molar refractivity (Wildman–Crippen MR) is 115 cm³/mol. The molecular weight excluding hydrogens is 414 g/mol. The second-order valence-corrected chi connectivity index (χ2v) is 8.44. The van der Waals surface area contributed by atoms with Crippen LogP contribution in [0.2, 0.25) is 0 Å². The molecule has 0 saturated carbocycles. The van der Waals surface area contributed by atoms with E-state index >= 15 is 0 Å². The summed E-state index contributed by atoms with van der Waals surface area (Å²) in [6.45, 7) is 7.22. The summed E-state index contributed by atoms with van der Waals surface area (Å²) in [5, 5.41) is 2.73. The maximum atomic E-state index is 13.6. The molecular formula is C24H31NO7. The maximum absolute atomic E-state index is 13.6. The summed E-state index contributed by atoms with van der Waals surface area (Å²) in [5.74, 6) is -3.31. The summed E-state index contributed by atoms with van der Waals surface area (Å²) in [4.78, 5) is 38.7. The maximum Gasteiger partial charge on any atom is 0.407 e. The highest BCUT2D eigenvalue weighted by Crippen LogP contribution is 2.35. The zero-order valence-electron chi connectivity index (χ0n) is 18.9. The molecule has 1 aliphatic heterocycles. The molecule has 0 unspecified atom stereocenters. The van der Waals surface area contributed by atoms with Gasteiger partial charge in [-0.2, -0.15) is 0 Å². The highest BCUT2D eigenvalue weighted by molar-refractivity contribution is 5.92. The van der Waals surface area contributed by atoms with Gasteiger partial charge in [-0.15, -0.1) is 0 Å².